The van der Waals surface area contributed by atoms with Gasteiger partial charge in [0.25, 0.3) is 0 Å². The summed E-state index contributed by atoms with van der Waals surface area (Å²) in [5.74, 6) is -0.169. The number of likely N-dealkylation sites (N-methyl/N-ethyl adjacent to an activating group) is 1. The Labute approximate surface area is 366 Å². The molecule has 2 atom stereocenters. The summed E-state index contributed by atoms with van der Waals surface area (Å²) in [5, 5.41) is 5.77. The van der Waals surface area contributed by atoms with Crippen LogP contribution in [0.4, 0.5) is 10.3 Å². The average Bonchev–Trinajstić information content (AvgIpc) is 3.64. The lowest BCUT2D eigenvalue weighted by molar-refractivity contribution is -0.133. The molecule has 2 aromatic heterocycles. The van der Waals surface area contributed by atoms with Gasteiger partial charge in [0.15, 0.2) is 11.4 Å². The van der Waals surface area contributed by atoms with Crippen molar-refractivity contribution in [3.63, 3.8) is 0 Å². The van der Waals surface area contributed by atoms with E-state index in [0.29, 0.717) is 47.8 Å². The highest BCUT2D eigenvalue weighted by Gasteiger charge is 2.28. The third-order valence-corrected chi connectivity index (χ3v) is 12.6. The van der Waals surface area contributed by atoms with Crippen molar-refractivity contribution in [3.05, 3.63) is 101 Å². The Morgan fingerprint density at radius 3 is 2.41 bits per heavy atom. The van der Waals surface area contributed by atoms with Crippen molar-refractivity contribution in [2.75, 3.05) is 65.2 Å². The molecular weight excluding hydrogens is 804 g/mol. The highest BCUT2D eigenvalue weighted by Crippen LogP contribution is 2.32. The number of benzene rings is 3. The molecule has 2 amide bonds. The number of carbonyl (C=O) groups is 4. The molecule has 7 rings (SSSR count). The molecule has 2 N–H and O–H groups in total. The number of carbonyl (C=O) groups excluding carboxylic acids is 4. The van der Waals surface area contributed by atoms with Crippen molar-refractivity contribution < 1.29 is 28.0 Å². The van der Waals surface area contributed by atoms with Crippen molar-refractivity contribution in [1.29, 1.82) is 0 Å². The number of nitrogens with zero attached hydrogens (tertiary/aromatic N) is 6. The van der Waals surface area contributed by atoms with Gasteiger partial charge in [-0.05, 0) is 105 Å². The van der Waals surface area contributed by atoms with Crippen molar-refractivity contribution >= 4 is 41.4 Å². The van der Waals surface area contributed by atoms with E-state index in [1.165, 1.54) is 11.6 Å². The fourth-order valence-electron chi connectivity index (χ4n) is 8.91. The van der Waals surface area contributed by atoms with Gasteiger partial charge in [-0.3, -0.25) is 19.1 Å². The maximum Gasteiger partial charge on any atom is 0.420 e. The molecule has 2 fully saturated rings. The minimum absolute atomic E-state index is 0.0922. The highest BCUT2D eigenvalue weighted by molar-refractivity contribution is 5.79. The standard InChI is InChI=1S/C48H57FN8O6/c1-50-44(60)14-12-40(32-59)57-42-13-11-37(28-43(42)63-48(57)62)35-17-22-55(23-18-35)30-33-15-24-56(25-16-33)45(61)31-54(2)21-19-39(20-26-58)52-47-51-29-41(49)46(53-47)38-10-6-9-36(27-38)34-7-4-3-5-8-34/h3-11,13,26-29,32-33,35,39-40H,12,14-25,30-31H2,1-2H3,(H,50,60)(H,51,52,53). The Balaban J connectivity index is 0.837. The van der Waals surface area contributed by atoms with Crippen LogP contribution in [0.5, 0.6) is 0 Å². The highest BCUT2D eigenvalue weighted by atomic mass is 19.1. The lowest BCUT2D eigenvalue weighted by atomic mass is 9.88. The molecule has 15 heteroatoms. The smallest absolute Gasteiger partial charge is 0.408 e. The van der Waals surface area contributed by atoms with E-state index in [4.69, 9.17) is 4.42 Å². The molecular formula is C48H57FN8O6. The molecule has 14 nitrogen and oxygen atoms in total. The van der Waals surface area contributed by atoms with Gasteiger partial charge < -0.3 is 34.4 Å². The summed E-state index contributed by atoms with van der Waals surface area (Å²) >= 11 is 0. The van der Waals surface area contributed by atoms with Gasteiger partial charge in [-0.1, -0.05) is 54.6 Å². The largest absolute Gasteiger partial charge is 0.420 e. The Morgan fingerprint density at radius 2 is 1.68 bits per heavy atom. The maximum atomic E-state index is 15.0. The van der Waals surface area contributed by atoms with Gasteiger partial charge in [-0.15, -0.1) is 0 Å². The van der Waals surface area contributed by atoms with Crippen LogP contribution in [0, 0.1) is 11.7 Å². The number of halogens is 1. The number of likely N-dealkylation sites (tertiary alicyclic amines) is 2. The predicted octanol–water partition coefficient (Wildman–Crippen LogP) is 5.93. The van der Waals surface area contributed by atoms with Crippen LogP contribution < -0.4 is 16.4 Å². The molecule has 63 heavy (non-hydrogen) atoms. The zero-order valence-electron chi connectivity index (χ0n) is 36.1. The number of aromatic nitrogens is 3. The van der Waals surface area contributed by atoms with Crippen LogP contribution in [0.1, 0.15) is 68.9 Å². The second-order valence-corrected chi connectivity index (χ2v) is 16.9. The number of aldehydes is 2. The number of nitrogens with one attached hydrogen (secondary N) is 2. The lowest BCUT2D eigenvalue weighted by Gasteiger charge is -2.38. The number of hydrogen-bond donors (Lipinski definition) is 2. The SMILES string of the molecule is CNC(=O)CCC(C=O)n1c(=O)oc2cc(C3CCN(CC4CCN(C(=O)CN(C)CCC(CC=O)Nc5ncc(F)c(-c6cccc(-c7ccccc7)c6)n5)CC4)CC3)ccc21. The van der Waals surface area contributed by atoms with Crippen molar-refractivity contribution in [2.45, 2.75) is 69.4 Å². The van der Waals surface area contributed by atoms with Crippen molar-refractivity contribution in [3.8, 4) is 22.4 Å². The summed E-state index contributed by atoms with van der Waals surface area (Å²) in [6.45, 7) is 5.21. The topological polar surface area (TPSA) is 163 Å². The van der Waals surface area contributed by atoms with E-state index in [-0.39, 0.29) is 55.3 Å². The normalized spacial score (nSPS) is 16.2. The van der Waals surface area contributed by atoms with E-state index in [2.05, 4.69) is 25.5 Å². The molecule has 2 saturated heterocycles. The molecule has 0 spiro atoms. The molecule has 3 aromatic carbocycles. The number of rotatable bonds is 19. The van der Waals surface area contributed by atoms with Crippen molar-refractivity contribution in [1.82, 2.24) is 34.6 Å². The van der Waals surface area contributed by atoms with E-state index in [0.717, 1.165) is 87.6 Å². The lowest BCUT2D eigenvalue weighted by Crippen LogP contribution is -2.46. The van der Waals surface area contributed by atoms with Crippen LogP contribution in [0.25, 0.3) is 33.5 Å². The third-order valence-electron chi connectivity index (χ3n) is 12.6. The van der Waals surface area contributed by atoms with E-state index >= 15 is 4.39 Å². The van der Waals surface area contributed by atoms with E-state index in [1.54, 1.807) is 0 Å². The fraction of sp³-hybridized carbons (Fsp3) is 0.438. The average molecular weight is 861 g/mol. The van der Waals surface area contributed by atoms with E-state index < -0.39 is 17.6 Å². The summed E-state index contributed by atoms with van der Waals surface area (Å²) in [5.41, 5.74) is 4.87. The molecule has 332 valence electrons. The van der Waals surface area contributed by atoms with Crippen LogP contribution in [-0.2, 0) is 19.2 Å². The minimum Gasteiger partial charge on any atom is -0.408 e. The van der Waals surface area contributed by atoms with Gasteiger partial charge in [-0.2, -0.15) is 0 Å². The van der Waals surface area contributed by atoms with Crippen LogP contribution in [0.15, 0.2) is 88.2 Å². The summed E-state index contributed by atoms with van der Waals surface area (Å²) in [4.78, 5) is 76.5. The Morgan fingerprint density at radius 1 is 0.937 bits per heavy atom. The number of piperidine rings is 2. The second kappa shape index (κ2) is 21.3. The first-order chi connectivity index (χ1) is 30.6. The molecule has 2 unspecified atom stereocenters. The van der Waals surface area contributed by atoms with E-state index in [1.807, 2.05) is 89.6 Å². The number of anilines is 1. The van der Waals surface area contributed by atoms with Crippen LogP contribution in [0.2, 0.25) is 0 Å². The summed E-state index contributed by atoms with van der Waals surface area (Å²) in [6, 6.07) is 22.1. The van der Waals surface area contributed by atoms with Crippen molar-refractivity contribution in [2.24, 2.45) is 5.92 Å². The number of hydrogen-bond acceptors (Lipinski definition) is 11. The fourth-order valence-corrected chi connectivity index (χ4v) is 8.91. The Bertz CT molecular complexity index is 2410. The Kier molecular flexibility index (Phi) is 15.2. The molecule has 0 aliphatic carbocycles. The third kappa shape index (κ3) is 11.5. The summed E-state index contributed by atoms with van der Waals surface area (Å²) in [6.07, 6.45) is 7.66. The Hall–Kier alpha value is -6.06. The second-order valence-electron chi connectivity index (χ2n) is 16.9. The predicted molar refractivity (Wildman–Crippen MR) is 240 cm³/mol. The maximum absolute atomic E-state index is 15.0. The van der Waals surface area contributed by atoms with Gasteiger partial charge >= 0.3 is 5.76 Å². The minimum atomic E-state index is -0.781. The molecule has 5 aromatic rings. The zero-order chi connectivity index (χ0) is 44.3. The summed E-state index contributed by atoms with van der Waals surface area (Å²) < 4.78 is 21.9. The van der Waals surface area contributed by atoms with Gasteiger partial charge in [0.2, 0.25) is 17.8 Å². The first-order valence-corrected chi connectivity index (χ1v) is 22.0. The molecule has 0 saturated carbocycles. The number of oxazole rings is 1. The first-order valence-electron chi connectivity index (χ1n) is 22.0. The van der Waals surface area contributed by atoms with Crippen LogP contribution in [-0.4, -0.2) is 120 Å². The monoisotopic (exact) mass is 860 g/mol. The molecule has 0 radical (unpaired) electrons. The number of fused-ring (bicyclic) bond motifs is 1. The quantitative estimate of drug-likeness (QED) is 0.0947. The molecule has 0 bridgehead atoms. The van der Waals surface area contributed by atoms with Crippen LogP contribution >= 0.6 is 0 Å². The molecule has 2 aliphatic rings. The van der Waals surface area contributed by atoms with Gasteiger partial charge in [0.05, 0.1) is 24.3 Å². The number of amides is 2. The summed E-state index contributed by atoms with van der Waals surface area (Å²) in [7, 11) is 3.44. The van der Waals surface area contributed by atoms with Gasteiger partial charge in [0, 0.05) is 57.7 Å². The van der Waals surface area contributed by atoms with Crippen LogP contribution in [0.3, 0.4) is 0 Å². The van der Waals surface area contributed by atoms with E-state index in [9.17, 15) is 24.0 Å². The first kappa shape index (κ1) is 45.0. The molecule has 4 heterocycles. The molecule has 2 aliphatic heterocycles. The van der Waals surface area contributed by atoms with Gasteiger partial charge in [0.1, 0.15) is 18.3 Å². The zero-order valence-corrected chi connectivity index (χ0v) is 36.1. The van der Waals surface area contributed by atoms with Gasteiger partial charge in [-0.25, -0.2) is 19.2 Å².